The minimum absolute atomic E-state index is 0.169. The molecule has 1 aromatic heterocycles. The van der Waals surface area contributed by atoms with E-state index in [9.17, 15) is 13.5 Å². The van der Waals surface area contributed by atoms with E-state index in [0.717, 1.165) is 16.9 Å². The Balaban J connectivity index is 2.31. The van der Waals surface area contributed by atoms with Crippen molar-refractivity contribution in [3.8, 4) is 0 Å². The molecule has 0 aliphatic heterocycles. The van der Waals surface area contributed by atoms with E-state index in [2.05, 4.69) is 4.72 Å². The molecule has 1 heterocycles. The fraction of sp³-hybridized carbons (Fsp3) is 0.231. The molecule has 0 fully saturated rings. The zero-order chi connectivity index (χ0) is 14.9. The van der Waals surface area contributed by atoms with E-state index in [1.165, 1.54) is 6.07 Å². The van der Waals surface area contributed by atoms with E-state index in [-0.39, 0.29) is 4.21 Å². The van der Waals surface area contributed by atoms with Crippen molar-refractivity contribution in [2.24, 2.45) is 0 Å². The normalized spacial score (nSPS) is 13.2. The summed E-state index contributed by atoms with van der Waals surface area (Å²) in [6.07, 6.45) is -0.655. The zero-order valence-electron chi connectivity index (χ0n) is 10.9. The van der Waals surface area contributed by atoms with Crippen LogP contribution in [0.1, 0.15) is 24.2 Å². The molecule has 2 N–H and O–H groups in total. The van der Waals surface area contributed by atoms with Gasteiger partial charge in [-0.1, -0.05) is 23.7 Å². The highest BCUT2D eigenvalue weighted by Crippen LogP contribution is 2.31. The summed E-state index contributed by atoms with van der Waals surface area (Å²) in [6.45, 7) is 3.38. The maximum atomic E-state index is 12.2. The van der Waals surface area contributed by atoms with Gasteiger partial charge in [-0.15, -0.1) is 11.3 Å². The highest BCUT2D eigenvalue weighted by molar-refractivity contribution is 7.94. The quantitative estimate of drug-likeness (QED) is 0.900. The largest absolute Gasteiger partial charge is 0.389 e. The van der Waals surface area contributed by atoms with Gasteiger partial charge in [0.05, 0.1) is 10.4 Å². The van der Waals surface area contributed by atoms with Crippen LogP contribution < -0.4 is 4.72 Å². The van der Waals surface area contributed by atoms with Gasteiger partial charge < -0.3 is 5.11 Å². The Hall–Kier alpha value is -1.08. The molecule has 0 spiro atoms. The number of nitrogens with one attached hydrogen (secondary N) is 1. The summed E-state index contributed by atoms with van der Waals surface area (Å²) in [4.78, 5) is 0. The summed E-state index contributed by atoms with van der Waals surface area (Å²) in [5.74, 6) is 0. The Labute approximate surface area is 127 Å². The summed E-state index contributed by atoms with van der Waals surface area (Å²) < 4.78 is 27.6. The molecule has 0 aliphatic carbocycles. The molecule has 1 aromatic carbocycles. The number of benzene rings is 1. The number of thiophene rings is 1. The molecule has 0 bridgehead atoms. The Kier molecular flexibility index (Phi) is 4.39. The number of hydrogen-bond acceptors (Lipinski definition) is 4. The minimum Gasteiger partial charge on any atom is -0.389 e. The lowest BCUT2D eigenvalue weighted by atomic mass is 10.1. The van der Waals surface area contributed by atoms with Crippen molar-refractivity contribution in [2.75, 3.05) is 4.72 Å². The molecular formula is C13H14ClNO3S2. The van der Waals surface area contributed by atoms with E-state index in [1.807, 2.05) is 0 Å². The number of aliphatic hydroxyl groups is 1. The van der Waals surface area contributed by atoms with Gasteiger partial charge in [0.1, 0.15) is 4.21 Å². The second kappa shape index (κ2) is 5.73. The molecule has 4 nitrogen and oxygen atoms in total. The lowest BCUT2D eigenvalue weighted by molar-refractivity contribution is 0.199. The fourth-order valence-corrected chi connectivity index (χ4v) is 4.39. The van der Waals surface area contributed by atoms with E-state index < -0.39 is 16.1 Å². The van der Waals surface area contributed by atoms with Gasteiger partial charge in [-0.05, 0) is 43.2 Å². The number of sulfonamides is 1. The minimum atomic E-state index is -3.66. The average Bonchev–Trinajstić information content (AvgIpc) is 2.70. The van der Waals surface area contributed by atoms with E-state index in [4.69, 9.17) is 11.6 Å². The van der Waals surface area contributed by atoms with Gasteiger partial charge in [-0.3, -0.25) is 4.72 Å². The third-order valence-corrected chi connectivity index (χ3v) is 6.13. The van der Waals surface area contributed by atoms with Crippen LogP contribution in [0, 0.1) is 6.92 Å². The Morgan fingerprint density at radius 2 is 2.05 bits per heavy atom. The first-order chi connectivity index (χ1) is 9.29. The smallest absolute Gasteiger partial charge is 0.271 e. The summed E-state index contributed by atoms with van der Waals surface area (Å²) in [5.41, 5.74) is 1.78. The van der Waals surface area contributed by atoms with Crippen LogP contribution in [0.3, 0.4) is 0 Å². The topological polar surface area (TPSA) is 66.4 Å². The van der Waals surface area contributed by atoms with Crippen molar-refractivity contribution < 1.29 is 13.5 Å². The lowest BCUT2D eigenvalue weighted by Crippen LogP contribution is -2.11. The van der Waals surface area contributed by atoms with Crippen LogP contribution in [-0.4, -0.2) is 13.5 Å². The molecule has 2 rings (SSSR count). The first-order valence-corrected chi connectivity index (χ1v) is 8.54. The number of aliphatic hydroxyl groups excluding tert-OH is 1. The monoisotopic (exact) mass is 331 g/mol. The van der Waals surface area contributed by atoms with Crippen LogP contribution in [0.5, 0.6) is 0 Å². The second-order valence-electron chi connectivity index (χ2n) is 4.43. The molecule has 1 atom stereocenters. The Morgan fingerprint density at radius 3 is 2.60 bits per heavy atom. The van der Waals surface area contributed by atoms with Gasteiger partial charge in [-0.2, -0.15) is 0 Å². The molecule has 0 saturated heterocycles. The molecule has 1 unspecified atom stereocenters. The van der Waals surface area contributed by atoms with Crippen LogP contribution in [-0.2, 0) is 10.0 Å². The van der Waals surface area contributed by atoms with Gasteiger partial charge in [0.25, 0.3) is 10.0 Å². The predicted molar refractivity (Wildman–Crippen MR) is 82.0 cm³/mol. The van der Waals surface area contributed by atoms with Gasteiger partial charge >= 0.3 is 0 Å². The zero-order valence-corrected chi connectivity index (χ0v) is 13.3. The van der Waals surface area contributed by atoms with Crippen LogP contribution >= 0.6 is 22.9 Å². The van der Waals surface area contributed by atoms with Crippen molar-refractivity contribution in [3.63, 3.8) is 0 Å². The van der Waals surface area contributed by atoms with Gasteiger partial charge in [0.15, 0.2) is 0 Å². The summed E-state index contributed by atoms with van der Waals surface area (Å²) >= 11 is 6.92. The van der Waals surface area contributed by atoms with Crippen LogP contribution in [0.4, 0.5) is 5.69 Å². The fourth-order valence-electron chi connectivity index (χ4n) is 1.63. The van der Waals surface area contributed by atoms with Crippen LogP contribution in [0.2, 0.25) is 4.34 Å². The van der Waals surface area contributed by atoms with Crippen molar-refractivity contribution in [3.05, 3.63) is 45.8 Å². The maximum absolute atomic E-state index is 12.2. The molecule has 108 valence electrons. The van der Waals surface area contributed by atoms with Gasteiger partial charge in [0, 0.05) is 5.69 Å². The Morgan fingerprint density at radius 1 is 1.35 bits per heavy atom. The van der Waals surface area contributed by atoms with Crippen molar-refractivity contribution in [2.45, 2.75) is 24.2 Å². The second-order valence-corrected chi connectivity index (χ2v) is 7.99. The molecule has 0 aliphatic rings. The number of rotatable bonds is 4. The van der Waals surface area contributed by atoms with Crippen molar-refractivity contribution in [1.82, 2.24) is 0 Å². The number of halogens is 1. The van der Waals surface area contributed by atoms with Crippen molar-refractivity contribution >= 4 is 38.6 Å². The number of hydrogen-bond donors (Lipinski definition) is 2. The standard InChI is InChI=1S/C13H14ClNO3S2/c1-8-6-12(19-13(8)14)20(17,18)15-11-5-3-4-10(7-11)9(2)16/h3-7,9,15-16H,1-2H3. The first kappa shape index (κ1) is 15.3. The Bertz CT molecular complexity index is 703. The van der Waals surface area contributed by atoms with Gasteiger partial charge in [0.2, 0.25) is 0 Å². The highest BCUT2D eigenvalue weighted by Gasteiger charge is 2.18. The maximum Gasteiger partial charge on any atom is 0.271 e. The molecule has 0 radical (unpaired) electrons. The molecule has 0 amide bonds. The third kappa shape index (κ3) is 3.32. The van der Waals surface area contributed by atoms with E-state index >= 15 is 0 Å². The molecule has 7 heteroatoms. The molecular weight excluding hydrogens is 318 g/mol. The SMILES string of the molecule is Cc1cc(S(=O)(=O)Nc2cccc(C(C)O)c2)sc1Cl. The number of anilines is 1. The summed E-state index contributed by atoms with van der Waals surface area (Å²) in [7, 11) is -3.66. The van der Waals surface area contributed by atoms with E-state index in [1.54, 1.807) is 38.1 Å². The lowest BCUT2D eigenvalue weighted by Gasteiger charge is -2.09. The van der Waals surface area contributed by atoms with Crippen LogP contribution in [0.25, 0.3) is 0 Å². The number of aryl methyl sites for hydroxylation is 1. The van der Waals surface area contributed by atoms with Crippen molar-refractivity contribution in [1.29, 1.82) is 0 Å². The van der Waals surface area contributed by atoms with Crippen LogP contribution in [0.15, 0.2) is 34.5 Å². The summed E-state index contributed by atoms with van der Waals surface area (Å²) in [5, 5.41) is 9.51. The molecule has 0 saturated carbocycles. The van der Waals surface area contributed by atoms with Gasteiger partial charge in [-0.25, -0.2) is 8.42 Å². The average molecular weight is 332 g/mol. The summed E-state index contributed by atoms with van der Waals surface area (Å²) in [6, 6.07) is 8.19. The predicted octanol–water partition coefficient (Wildman–Crippen LogP) is 3.56. The first-order valence-electron chi connectivity index (χ1n) is 5.86. The van der Waals surface area contributed by atoms with E-state index in [0.29, 0.717) is 15.6 Å². The third-order valence-electron chi connectivity index (χ3n) is 2.72. The highest BCUT2D eigenvalue weighted by atomic mass is 35.5. The molecule has 2 aromatic rings. The molecule has 20 heavy (non-hydrogen) atoms.